The summed E-state index contributed by atoms with van der Waals surface area (Å²) in [6, 6.07) is 5.54. The van der Waals surface area contributed by atoms with Crippen molar-refractivity contribution in [3.05, 3.63) is 63.5 Å². The van der Waals surface area contributed by atoms with Crippen molar-refractivity contribution in [2.24, 2.45) is 0 Å². The molecule has 0 aliphatic heterocycles. The van der Waals surface area contributed by atoms with Gasteiger partial charge in [0.2, 0.25) is 0 Å². The SMILES string of the molecule is COc1ccc([N+](=O)[O-])cc1[C@H](C)NC(=O)c1cncc(C)c1. The number of aromatic nitrogens is 1. The number of aryl methyl sites for hydroxylation is 1. The van der Waals surface area contributed by atoms with E-state index in [-0.39, 0.29) is 11.6 Å². The summed E-state index contributed by atoms with van der Waals surface area (Å²) >= 11 is 0. The molecule has 2 rings (SSSR count). The molecule has 1 aromatic carbocycles. The van der Waals surface area contributed by atoms with Crippen LogP contribution in [0.3, 0.4) is 0 Å². The summed E-state index contributed by atoms with van der Waals surface area (Å²) in [5.74, 6) is 0.174. The summed E-state index contributed by atoms with van der Waals surface area (Å²) in [6.07, 6.45) is 3.13. The number of hydrogen-bond donors (Lipinski definition) is 1. The van der Waals surface area contributed by atoms with E-state index in [1.165, 1.54) is 31.5 Å². The van der Waals surface area contributed by atoms with Gasteiger partial charge in [0.15, 0.2) is 0 Å². The Morgan fingerprint density at radius 1 is 1.35 bits per heavy atom. The largest absolute Gasteiger partial charge is 0.496 e. The minimum atomic E-state index is -0.484. The summed E-state index contributed by atoms with van der Waals surface area (Å²) in [5, 5.41) is 13.7. The molecule has 0 bridgehead atoms. The number of hydrogen-bond acceptors (Lipinski definition) is 5. The number of benzene rings is 1. The zero-order valence-electron chi connectivity index (χ0n) is 13.1. The normalized spacial score (nSPS) is 11.6. The number of nitro benzene ring substituents is 1. The lowest BCUT2D eigenvalue weighted by Crippen LogP contribution is -2.27. The lowest BCUT2D eigenvalue weighted by molar-refractivity contribution is -0.385. The van der Waals surface area contributed by atoms with Gasteiger partial charge in [-0.3, -0.25) is 19.9 Å². The standard InChI is InChI=1S/C16H17N3O4/c1-10-6-12(9-17-8-10)16(20)18-11(2)14-7-13(19(21)22)4-5-15(14)23-3/h4-9,11H,1-3H3,(H,18,20)/t11-/m0/s1. The smallest absolute Gasteiger partial charge is 0.270 e. The highest BCUT2D eigenvalue weighted by Gasteiger charge is 2.19. The van der Waals surface area contributed by atoms with Crippen LogP contribution in [0.1, 0.15) is 34.5 Å². The number of carbonyl (C=O) groups is 1. The van der Waals surface area contributed by atoms with Gasteiger partial charge in [0.1, 0.15) is 5.75 Å². The van der Waals surface area contributed by atoms with Crippen LogP contribution in [0.15, 0.2) is 36.7 Å². The van der Waals surface area contributed by atoms with Crippen LogP contribution in [0.4, 0.5) is 5.69 Å². The Morgan fingerprint density at radius 3 is 2.70 bits per heavy atom. The molecule has 0 saturated heterocycles. The predicted molar refractivity (Wildman–Crippen MR) is 84.5 cm³/mol. The van der Waals surface area contributed by atoms with Crippen LogP contribution in [-0.2, 0) is 0 Å². The number of nitrogens with zero attached hydrogens (tertiary/aromatic N) is 2. The van der Waals surface area contributed by atoms with E-state index in [9.17, 15) is 14.9 Å². The molecule has 7 heteroatoms. The predicted octanol–water partition coefficient (Wildman–Crippen LogP) is 2.80. The number of rotatable bonds is 5. The molecule has 0 radical (unpaired) electrons. The molecule has 1 aromatic heterocycles. The first kappa shape index (κ1) is 16.4. The molecule has 2 aromatic rings. The van der Waals surface area contributed by atoms with Gasteiger partial charge in [-0.05, 0) is 31.5 Å². The monoisotopic (exact) mass is 315 g/mol. The van der Waals surface area contributed by atoms with Gasteiger partial charge >= 0.3 is 0 Å². The summed E-state index contributed by atoms with van der Waals surface area (Å²) in [4.78, 5) is 26.7. The van der Waals surface area contributed by atoms with E-state index in [0.29, 0.717) is 16.9 Å². The highest BCUT2D eigenvalue weighted by atomic mass is 16.6. The van der Waals surface area contributed by atoms with Crippen molar-refractivity contribution in [3.63, 3.8) is 0 Å². The number of carbonyl (C=O) groups excluding carboxylic acids is 1. The first-order valence-electron chi connectivity index (χ1n) is 6.97. The molecule has 0 aliphatic rings. The van der Waals surface area contributed by atoms with Crippen molar-refractivity contribution in [3.8, 4) is 5.75 Å². The van der Waals surface area contributed by atoms with Crippen molar-refractivity contribution >= 4 is 11.6 Å². The minimum Gasteiger partial charge on any atom is -0.496 e. The number of pyridine rings is 1. The third-order valence-corrected chi connectivity index (χ3v) is 3.38. The van der Waals surface area contributed by atoms with Crippen molar-refractivity contribution in [1.29, 1.82) is 0 Å². The van der Waals surface area contributed by atoms with E-state index in [0.717, 1.165) is 5.56 Å². The molecule has 0 fully saturated rings. The molecule has 1 N–H and O–H groups in total. The third kappa shape index (κ3) is 3.82. The maximum atomic E-state index is 12.3. The van der Waals surface area contributed by atoms with Gasteiger partial charge in [-0.25, -0.2) is 0 Å². The molecule has 120 valence electrons. The van der Waals surface area contributed by atoms with Crippen LogP contribution < -0.4 is 10.1 Å². The van der Waals surface area contributed by atoms with E-state index in [4.69, 9.17) is 4.74 Å². The first-order valence-corrected chi connectivity index (χ1v) is 6.97. The maximum absolute atomic E-state index is 12.3. The van der Waals surface area contributed by atoms with Gasteiger partial charge in [-0.15, -0.1) is 0 Å². The van der Waals surface area contributed by atoms with Gasteiger partial charge in [-0.1, -0.05) is 0 Å². The first-order chi connectivity index (χ1) is 10.9. The second kappa shape index (κ2) is 6.87. The van der Waals surface area contributed by atoms with Crippen LogP contribution >= 0.6 is 0 Å². The highest BCUT2D eigenvalue weighted by Crippen LogP contribution is 2.29. The summed E-state index contributed by atoms with van der Waals surface area (Å²) in [7, 11) is 1.48. The molecule has 0 spiro atoms. The fourth-order valence-electron chi connectivity index (χ4n) is 2.21. The molecule has 23 heavy (non-hydrogen) atoms. The van der Waals surface area contributed by atoms with Gasteiger partial charge in [-0.2, -0.15) is 0 Å². The van der Waals surface area contributed by atoms with Gasteiger partial charge in [0, 0.05) is 30.1 Å². The summed E-state index contributed by atoms with van der Waals surface area (Å²) in [5.41, 5.74) is 1.79. The Morgan fingerprint density at radius 2 is 2.09 bits per heavy atom. The zero-order valence-corrected chi connectivity index (χ0v) is 13.1. The van der Waals surface area contributed by atoms with Crippen molar-refractivity contribution in [2.75, 3.05) is 7.11 Å². The fourth-order valence-corrected chi connectivity index (χ4v) is 2.21. The Kier molecular flexibility index (Phi) is 4.90. The van der Waals surface area contributed by atoms with E-state index in [1.54, 1.807) is 19.2 Å². The van der Waals surface area contributed by atoms with E-state index in [1.807, 2.05) is 6.92 Å². The molecular formula is C16H17N3O4. The molecule has 7 nitrogen and oxygen atoms in total. The topological polar surface area (TPSA) is 94.4 Å². The molecule has 0 aliphatic carbocycles. The average molecular weight is 315 g/mol. The number of amides is 1. The number of methoxy groups -OCH3 is 1. The second-order valence-corrected chi connectivity index (χ2v) is 5.13. The summed E-state index contributed by atoms with van der Waals surface area (Å²) in [6.45, 7) is 3.58. The van der Waals surface area contributed by atoms with Crippen molar-refractivity contribution in [1.82, 2.24) is 10.3 Å². The van der Waals surface area contributed by atoms with E-state index < -0.39 is 11.0 Å². The number of non-ortho nitro benzene ring substituents is 1. The van der Waals surface area contributed by atoms with E-state index >= 15 is 0 Å². The molecule has 0 saturated carbocycles. The van der Waals surface area contributed by atoms with Crippen molar-refractivity contribution in [2.45, 2.75) is 19.9 Å². The lowest BCUT2D eigenvalue weighted by atomic mass is 10.1. The average Bonchev–Trinajstić information content (AvgIpc) is 2.53. The Balaban J connectivity index is 2.26. The van der Waals surface area contributed by atoms with Crippen molar-refractivity contribution < 1.29 is 14.5 Å². The van der Waals surface area contributed by atoms with Crippen LogP contribution in [0.5, 0.6) is 5.75 Å². The molecule has 1 amide bonds. The molecule has 1 atom stereocenters. The fraction of sp³-hybridized carbons (Fsp3) is 0.250. The Bertz CT molecular complexity index is 746. The summed E-state index contributed by atoms with van der Waals surface area (Å²) < 4.78 is 5.22. The lowest BCUT2D eigenvalue weighted by Gasteiger charge is -2.17. The number of nitrogens with one attached hydrogen (secondary N) is 1. The highest BCUT2D eigenvalue weighted by molar-refractivity contribution is 5.94. The van der Waals surface area contributed by atoms with Crippen LogP contribution in [0, 0.1) is 17.0 Å². The Hall–Kier alpha value is -2.96. The third-order valence-electron chi connectivity index (χ3n) is 3.38. The quantitative estimate of drug-likeness (QED) is 0.676. The maximum Gasteiger partial charge on any atom is 0.270 e. The number of nitro groups is 1. The second-order valence-electron chi connectivity index (χ2n) is 5.13. The van der Waals surface area contributed by atoms with Crippen LogP contribution in [0.2, 0.25) is 0 Å². The number of ether oxygens (including phenoxy) is 1. The minimum absolute atomic E-state index is 0.0564. The van der Waals surface area contributed by atoms with Crippen LogP contribution in [-0.4, -0.2) is 22.9 Å². The molecular weight excluding hydrogens is 298 g/mol. The van der Waals surface area contributed by atoms with Gasteiger partial charge in [0.05, 0.1) is 23.6 Å². The van der Waals surface area contributed by atoms with Gasteiger partial charge < -0.3 is 10.1 Å². The molecule has 1 heterocycles. The van der Waals surface area contributed by atoms with E-state index in [2.05, 4.69) is 10.3 Å². The molecule has 0 unspecified atom stereocenters. The Labute approximate surface area is 133 Å². The van der Waals surface area contributed by atoms with Gasteiger partial charge in [0.25, 0.3) is 11.6 Å². The zero-order chi connectivity index (χ0) is 17.0. The van der Waals surface area contributed by atoms with Crippen LogP contribution in [0.25, 0.3) is 0 Å².